The number of methoxy groups -OCH3 is 4. The van der Waals surface area contributed by atoms with E-state index in [-0.39, 0.29) is 11.7 Å². The average Bonchev–Trinajstić information content (AvgIpc) is 3.23. The summed E-state index contributed by atoms with van der Waals surface area (Å²) in [6.45, 7) is 1.90. The summed E-state index contributed by atoms with van der Waals surface area (Å²) in [6, 6.07) is 12.5. The fourth-order valence-corrected chi connectivity index (χ4v) is 3.17. The predicted molar refractivity (Wildman–Crippen MR) is 113 cm³/mol. The smallest absolute Gasteiger partial charge is 0.291 e. The minimum absolute atomic E-state index is 0.196. The summed E-state index contributed by atoms with van der Waals surface area (Å²) in [6.07, 6.45) is 0.386. The summed E-state index contributed by atoms with van der Waals surface area (Å²) in [5, 5.41) is 2.86. The molecule has 3 rings (SSSR count). The lowest BCUT2D eigenvalue weighted by atomic mass is 10.1. The highest BCUT2D eigenvalue weighted by atomic mass is 16.5. The largest absolute Gasteiger partial charge is 0.496 e. The van der Waals surface area contributed by atoms with Crippen LogP contribution >= 0.6 is 0 Å². The third kappa shape index (κ3) is 4.35. The number of rotatable bonds is 8. The number of furan rings is 1. The highest BCUT2D eigenvalue weighted by Gasteiger charge is 2.18. The first-order valence-corrected chi connectivity index (χ1v) is 9.33. The molecule has 1 N–H and O–H groups in total. The molecule has 0 aliphatic rings. The summed E-state index contributed by atoms with van der Waals surface area (Å²) in [7, 11) is 6.29. The lowest BCUT2D eigenvalue weighted by molar-refractivity contribution is 0.0994. The fourth-order valence-electron chi connectivity index (χ4n) is 3.17. The van der Waals surface area contributed by atoms with Crippen LogP contribution in [-0.4, -0.2) is 34.3 Å². The van der Waals surface area contributed by atoms with Gasteiger partial charge in [0, 0.05) is 24.1 Å². The van der Waals surface area contributed by atoms with Crippen molar-refractivity contribution in [3.05, 3.63) is 65.1 Å². The summed E-state index contributed by atoms with van der Waals surface area (Å²) in [4.78, 5) is 12.7. The molecule has 7 heteroatoms. The number of aryl methyl sites for hydroxylation is 1. The van der Waals surface area contributed by atoms with Crippen molar-refractivity contribution in [3.63, 3.8) is 0 Å². The number of carbonyl (C=O) groups excluding carboxylic acids is 1. The van der Waals surface area contributed by atoms with Gasteiger partial charge in [-0.05, 0) is 30.7 Å². The first-order valence-electron chi connectivity index (χ1n) is 9.33. The molecule has 0 atom stereocenters. The minimum Gasteiger partial charge on any atom is -0.496 e. The molecule has 0 aliphatic carbocycles. The number of nitrogens with one attached hydrogen (secondary N) is 1. The molecule has 0 spiro atoms. The third-order valence-electron chi connectivity index (χ3n) is 4.75. The molecule has 158 valence electrons. The Labute approximate surface area is 175 Å². The van der Waals surface area contributed by atoms with E-state index in [2.05, 4.69) is 5.32 Å². The van der Waals surface area contributed by atoms with Crippen LogP contribution in [0.1, 0.15) is 27.4 Å². The Bertz CT molecular complexity index is 1010. The zero-order valence-corrected chi connectivity index (χ0v) is 17.7. The van der Waals surface area contributed by atoms with E-state index in [1.165, 1.54) is 0 Å². The molecule has 7 nitrogen and oxygen atoms in total. The van der Waals surface area contributed by atoms with Crippen LogP contribution < -0.4 is 24.3 Å². The highest BCUT2D eigenvalue weighted by molar-refractivity contribution is 6.03. The molecule has 1 amide bonds. The Hall–Kier alpha value is -3.61. The van der Waals surface area contributed by atoms with Crippen molar-refractivity contribution in [3.8, 4) is 23.0 Å². The molecule has 0 saturated carbocycles. The van der Waals surface area contributed by atoms with Crippen LogP contribution in [0.5, 0.6) is 23.0 Å². The zero-order valence-electron chi connectivity index (χ0n) is 17.7. The number of ether oxygens (including phenoxy) is 4. The fraction of sp³-hybridized carbons (Fsp3) is 0.261. The normalized spacial score (nSPS) is 10.4. The maximum absolute atomic E-state index is 12.7. The van der Waals surface area contributed by atoms with Crippen LogP contribution in [0.4, 0.5) is 5.69 Å². The van der Waals surface area contributed by atoms with Crippen LogP contribution in [0, 0.1) is 6.92 Å². The molecular formula is C23H25NO6. The monoisotopic (exact) mass is 411 g/mol. The van der Waals surface area contributed by atoms with E-state index in [1.807, 2.05) is 19.1 Å². The standard InChI is InChI=1S/C23H25NO6/c1-14-7-6-8-18(27-3)22(14)24-23(25)19-10-9-15(30-19)11-17-20(28-4)12-16(26-2)13-21(17)29-5/h6-10,12-13H,11H2,1-5H3,(H,24,25). The van der Waals surface area contributed by atoms with E-state index in [0.717, 1.165) is 11.1 Å². The van der Waals surface area contributed by atoms with Gasteiger partial charge in [0.05, 0.1) is 34.1 Å². The van der Waals surface area contributed by atoms with Crippen LogP contribution in [0.2, 0.25) is 0 Å². The molecular weight excluding hydrogens is 386 g/mol. The summed E-state index contributed by atoms with van der Waals surface area (Å²) in [5.74, 6) is 2.86. The van der Waals surface area contributed by atoms with Crippen molar-refractivity contribution in [2.45, 2.75) is 13.3 Å². The SMILES string of the molecule is COc1cc(OC)c(Cc2ccc(C(=O)Nc3c(C)cccc3OC)o2)c(OC)c1. The molecule has 0 fully saturated rings. The molecule has 0 unspecified atom stereocenters. The number of hydrogen-bond acceptors (Lipinski definition) is 6. The van der Waals surface area contributed by atoms with Crippen LogP contribution in [-0.2, 0) is 6.42 Å². The molecule has 3 aromatic rings. The Morgan fingerprint density at radius 2 is 1.57 bits per heavy atom. The van der Waals surface area contributed by atoms with Gasteiger partial charge in [-0.25, -0.2) is 0 Å². The van der Waals surface area contributed by atoms with Crippen molar-refractivity contribution >= 4 is 11.6 Å². The average molecular weight is 411 g/mol. The predicted octanol–water partition coefficient (Wildman–Crippen LogP) is 4.47. The van der Waals surface area contributed by atoms with Crippen molar-refractivity contribution < 1.29 is 28.2 Å². The number of amides is 1. The molecule has 0 saturated heterocycles. The van der Waals surface area contributed by atoms with Crippen LogP contribution in [0.25, 0.3) is 0 Å². The molecule has 0 radical (unpaired) electrons. The second kappa shape index (κ2) is 9.26. The van der Waals surface area contributed by atoms with Gasteiger partial charge in [-0.2, -0.15) is 0 Å². The molecule has 1 heterocycles. The van der Waals surface area contributed by atoms with E-state index >= 15 is 0 Å². The van der Waals surface area contributed by atoms with E-state index in [1.54, 1.807) is 58.8 Å². The topological polar surface area (TPSA) is 79.2 Å². The van der Waals surface area contributed by atoms with Crippen molar-refractivity contribution in [1.82, 2.24) is 0 Å². The minimum atomic E-state index is -0.359. The molecule has 0 bridgehead atoms. The molecule has 1 aromatic heterocycles. The van der Waals surface area contributed by atoms with Gasteiger partial charge in [0.2, 0.25) is 0 Å². The zero-order chi connectivity index (χ0) is 21.7. The quantitative estimate of drug-likeness (QED) is 0.589. The highest BCUT2D eigenvalue weighted by Crippen LogP contribution is 2.36. The first kappa shape index (κ1) is 21.1. The Kier molecular flexibility index (Phi) is 6.51. The number of benzene rings is 2. The summed E-state index contributed by atoms with van der Waals surface area (Å²) >= 11 is 0. The Morgan fingerprint density at radius 1 is 0.900 bits per heavy atom. The van der Waals surface area contributed by atoms with E-state index in [4.69, 9.17) is 23.4 Å². The Balaban J connectivity index is 1.83. The van der Waals surface area contributed by atoms with Gasteiger partial charge < -0.3 is 28.7 Å². The van der Waals surface area contributed by atoms with Gasteiger partial charge in [-0.3, -0.25) is 4.79 Å². The number of anilines is 1. The van der Waals surface area contributed by atoms with Gasteiger partial charge in [-0.1, -0.05) is 12.1 Å². The van der Waals surface area contributed by atoms with E-state index in [0.29, 0.717) is 40.9 Å². The lowest BCUT2D eigenvalue weighted by Gasteiger charge is -2.14. The van der Waals surface area contributed by atoms with Gasteiger partial charge in [0.15, 0.2) is 5.76 Å². The van der Waals surface area contributed by atoms with Gasteiger partial charge >= 0.3 is 0 Å². The van der Waals surface area contributed by atoms with Gasteiger partial charge in [-0.15, -0.1) is 0 Å². The first-order chi connectivity index (χ1) is 14.5. The molecule has 2 aromatic carbocycles. The van der Waals surface area contributed by atoms with Crippen LogP contribution in [0.15, 0.2) is 46.9 Å². The number of carbonyl (C=O) groups is 1. The van der Waals surface area contributed by atoms with E-state index in [9.17, 15) is 4.79 Å². The van der Waals surface area contributed by atoms with E-state index < -0.39 is 0 Å². The van der Waals surface area contributed by atoms with Crippen molar-refractivity contribution in [2.75, 3.05) is 33.8 Å². The van der Waals surface area contributed by atoms with Gasteiger partial charge in [0.25, 0.3) is 5.91 Å². The Morgan fingerprint density at radius 3 is 2.17 bits per heavy atom. The number of para-hydroxylation sites is 1. The number of hydrogen-bond donors (Lipinski definition) is 1. The maximum Gasteiger partial charge on any atom is 0.291 e. The molecule has 0 aliphatic heterocycles. The maximum atomic E-state index is 12.7. The van der Waals surface area contributed by atoms with Crippen molar-refractivity contribution in [2.24, 2.45) is 0 Å². The second-order valence-corrected chi connectivity index (χ2v) is 6.56. The van der Waals surface area contributed by atoms with Crippen molar-refractivity contribution in [1.29, 1.82) is 0 Å². The molecule has 30 heavy (non-hydrogen) atoms. The summed E-state index contributed by atoms with van der Waals surface area (Å²) < 4.78 is 27.4. The van der Waals surface area contributed by atoms with Crippen LogP contribution in [0.3, 0.4) is 0 Å². The lowest BCUT2D eigenvalue weighted by Crippen LogP contribution is -2.12. The summed E-state index contributed by atoms with van der Waals surface area (Å²) in [5.41, 5.74) is 2.30. The third-order valence-corrected chi connectivity index (χ3v) is 4.75. The second-order valence-electron chi connectivity index (χ2n) is 6.56. The van der Waals surface area contributed by atoms with Gasteiger partial charge in [0.1, 0.15) is 28.8 Å².